The number of carbonyl (C=O) groups is 1. The number of nitriles is 2. The Morgan fingerprint density at radius 1 is 1.19 bits per heavy atom. The number of carbonyl (C=O) groups excluding carboxylic acids is 1. The molecule has 0 saturated carbocycles. The molecule has 0 aliphatic carbocycles. The van der Waals surface area contributed by atoms with E-state index in [4.69, 9.17) is 19.5 Å². The lowest BCUT2D eigenvalue weighted by atomic mass is 9.88. The second-order valence-electron chi connectivity index (χ2n) is 4.08. The van der Waals surface area contributed by atoms with Crippen LogP contribution in [0.25, 0.3) is 0 Å². The van der Waals surface area contributed by atoms with Crippen molar-refractivity contribution in [2.75, 3.05) is 20.8 Å². The van der Waals surface area contributed by atoms with E-state index < -0.39 is 17.8 Å². The summed E-state index contributed by atoms with van der Waals surface area (Å²) in [6.45, 7) is 1.80. The third-order valence-electron chi connectivity index (χ3n) is 2.92. The minimum Gasteiger partial charge on any atom is -0.493 e. The van der Waals surface area contributed by atoms with E-state index in [0.29, 0.717) is 17.1 Å². The first-order valence-corrected chi connectivity index (χ1v) is 6.30. The number of benzene rings is 1. The summed E-state index contributed by atoms with van der Waals surface area (Å²) < 4.78 is 15.1. The highest BCUT2D eigenvalue weighted by Crippen LogP contribution is 2.33. The molecule has 6 nitrogen and oxygen atoms in total. The first-order chi connectivity index (χ1) is 10.1. The first-order valence-electron chi connectivity index (χ1n) is 6.30. The predicted octanol–water partition coefficient (Wildman–Crippen LogP) is 2.01. The van der Waals surface area contributed by atoms with Crippen LogP contribution < -0.4 is 9.47 Å². The molecule has 110 valence electrons. The second-order valence-corrected chi connectivity index (χ2v) is 4.08. The normalized spacial score (nSPS) is 12.4. The van der Waals surface area contributed by atoms with Gasteiger partial charge in [0.1, 0.15) is 0 Å². The molecule has 1 aromatic rings. The number of hydrogen-bond acceptors (Lipinski definition) is 6. The van der Waals surface area contributed by atoms with Gasteiger partial charge in [0, 0.05) is 0 Å². The van der Waals surface area contributed by atoms with Crippen LogP contribution in [0.1, 0.15) is 18.4 Å². The van der Waals surface area contributed by atoms with Crippen LogP contribution in [-0.2, 0) is 9.53 Å². The molecule has 0 bridgehead atoms. The topological polar surface area (TPSA) is 92.3 Å². The summed E-state index contributed by atoms with van der Waals surface area (Å²) in [7, 11) is 2.96. The molecule has 1 rings (SSSR count). The predicted molar refractivity (Wildman–Crippen MR) is 73.6 cm³/mol. The van der Waals surface area contributed by atoms with Gasteiger partial charge in [0.2, 0.25) is 0 Å². The standard InChI is InChI=1S/C15H16N2O4/c1-4-21-15(18)12(9-17)11(8-16)10-5-6-13(19-2)14(7-10)20-3/h5-7,11-12H,4H2,1-3H3/t11-,12-/m0/s1. The van der Waals surface area contributed by atoms with Crippen molar-refractivity contribution in [1.82, 2.24) is 0 Å². The van der Waals surface area contributed by atoms with Gasteiger partial charge in [-0.15, -0.1) is 0 Å². The van der Waals surface area contributed by atoms with Gasteiger partial charge >= 0.3 is 5.97 Å². The maximum absolute atomic E-state index is 11.8. The van der Waals surface area contributed by atoms with E-state index >= 15 is 0 Å². The van der Waals surface area contributed by atoms with E-state index in [1.165, 1.54) is 14.2 Å². The fraction of sp³-hybridized carbons (Fsp3) is 0.400. The molecule has 1 aromatic carbocycles. The van der Waals surface area contributed by atoms with Gasteiger partial charge < -0.3 is 14.2 Å². The van der Waals surface area contributed by atoms with Gasteiger partial charge in [-0.2, -0.15) is 10.5 Å². The molecule has 0 aliphatic heterocycles. The fourth-order valence-electron chi connectivity index (χ4n) is 1.88. The second kappa shape index (κ2) is 7.76. The van der Waals surface area contributed by atoms with Gasteiger partial charge in [0.05, 0.1) is 38.9 Å². The molecule has 6 heteroatoms. The van der Waals surface area contributed by atoms with Crippen LogP contribution >= 0.6 is 0 Å². The molecule has 0 fully saturated rings. The highest BCUT2D eigenvalue weighted by Gasteiger charge is 2.31. The number of ether oxygens (including phenoxy) is 3. The van der Waals surface area contributed by atoms with Crippen molar-refractivity contribution in [3.8, 4) is 23.6 Å². The molecule has 0 saturated heterocycles. The van der Waals surface area contributed by atoms with Crippen LogP contribution in [0, 0.1) is 28.6 Å². The largest absolute Gasteiger partial charge is 0.493 e. The summed E-state index contributed by atoms with van der Waals surface area (Å²) in [5, 5.41) is 18.5. The van der Waals surface area contributed by atoms with Crippen molar-refractivity contribution in [2.45, 2.75) is 12.8 Å². The maximum Gasteiger partial charge on any atom is 0.325 e. The average molecular weight is 288 g/mol. The summed E-state index contributed by atoms with van der Waals surface area (Å²) in [6.07, 6.45) is 0. The number of nitrogens with zero attached hydrogens (tertiary/aromatic N) is 2. The monoisotopic (exact) mass is 288 g/mol. The Labute approximate surface area is 123 Å². The van der Waals surface area contributed by atoms with E-state index in [1.807, 2.05) is 12.1 Å². The quantitative estimate of drug-likeness (QED) is 0.743. The molecule has 0 heterocycles. The molecule has 0 aromatic heterocycles. The van der Waals surface area contributed by atoms with Crippen molar-refractivity contribution in [3.05, 3.63) is 23.8 Å². The van der Waals surface area contributed by atoms with E-state index in [1.54, 1.807) is 25.1 Å². The van der Waals surface area contributed by atoms with Crippen LogP contribution in [-0.4, -0.2) is 26.8 Å². The zero-order chi connectivity index (χ0) is 15.8. The van der Waals surface area contributed by atoms with Crippen molar-refractivity contribution >= 4 is 5.97 Å². The van der Waals surface area contributed by atoms with Crippen LogP contribution in [0.3, 0.4) is 0 Å². The molecule has 0 amide bonds. The smallest absolute Gasteiger partial charge is 0.325 e. The minimum atomic E-state index is -1.19. The zero-order valence-corrected chi connectivity index (χ0v) is 12.1. The summed E-state index contributed by atoms with van der Waals surface area (Å²) >= 11 is 0. The van der Waals surface area contributed by atoms with Crippen LogP contribution in [0.2, 0.25) is 0 Å². The van der Waals surface area contributed by atoms with Gasteiger partial charge in [0.15, 0.2) is 17.4 Å². The molecule has 2 atom stereocenters. The molecule has 21 heavy (non-hydrogen) atoms. The van der Waals surface area contributed by atoms with Gasteiger partial charge in [0.25, 0.3) is 0 Å². The maximum atomic E-state index is 11.8. The van der Waals surface area contributed by atoms with Gasteiger partial charge in [-0.3, -0.25) is 4.79 Å². The molecule has 0 spiro atoms. The number of esters is 1. The Morgan fingerprint density at radius 3 is 2.33 bits per heavy atom. The molecular weight excluding hydrogens is 272 g/mol. The average Bonchev–Trinajstić information content (AvgIpc) is 2.51. The molecule has 0 unspecified atom stereocenters. The lowest BCUT2D eigenvalue weighted by Gasteiger charge is -2.16. The van der Waals surface area contributed by atoms with Gasteiger partial charge in [-0.1, -0.05) is 6.07 Å². The van der Waals surface area contributed by atoms with Gasteiger partial charge in [-0.25, -0.2) is 0 Å². The summed E-state index contributed by atoms with van der Waals surface area (Å²) in [4.78, 5) is 11.8. The summed E-state index contributed by atoms with van der Waals surface area (Å²) in [6, 6.07) is 8.64. The third kappa shape index (κ3) is 3.64. The van der Waals surface area contributed by atoms with Crippen LogP contribution in [0.5, 0.6) is 11.5 Å². The Hall–Kier alpha value is -2.73. The fourth-order valence-corrected chi connectivity index (χ4v) is 1.88. The number of rotatable bonds is 6. The zero-order valence-electron chi connectivity index (χ0n) is 12.1. The Morgan fingerprint density at radius 2 is 1.86 bits per heavy atom. The minimum absolute atomic E-state index is 0.154. The lowest BCUT2D eigenvalue weighted by molar-refractivity contribution is -0.146. The highest BCUT2D eigenvalue weighted by molar-refractivity contribution is 5.77. The highest BCUT2D eigenvalue weighted by atomic mass is 16.5. The Bertz CT molecular complexity index is 586. The third-order valence-corrected chi connectivity index (χ3v) is 2.92. The lowest BCUT2D eigenvalue weighted by Crippen LogP contribution is -2.22. The molecular formula is C15H16N2O4. The molecule has 0 radical (unpaired) electrons. The van der Waals surface area contributed by atoms with Crippen molar-refractivity contribution in [2.24, 2.45) is 5.92 Å². The number of hydrogen-bond donors (Lipinski definition) is 0. The Balaban J connectivity index is 3.18. The van der Waals surface area contributed by atoms with Crippen LogP contribution in [0.4, 0.5) is 0 Å². The summed E-state index contributed by atoms with van der Waals surface area (Å²) in [5.74, 6) is -1.90. The molecule has 0 N–H and O–H groups in total. The van der Waals surface area contributed by atoms with E-state index in [0.717, 1.165) is 0 Å². The number of methoxy groups -OCH3 is 2. The molecule has 0 aliphatic rings. The van der Waals surface area contributed by atoms with Crippen molar-refractivity contribution < 1.29 is 19.0 Å². The van der Waals surface area contributed by atoms with E-state index in [9.17, 15) is 10.1 Å². The summed E-state index contributed by atoms with van der Waals surface area (Å²) in [5.41, 5.74) is 0.495. The van der Waals surface area contributed by atoms with Crippen LogP contribution in [0.15, 0.2) is 18.2 Å². The van der Waals surface area contributed by atoms with Crippen molar-refractivity contribution in [1.29, 1.82) is 10.5 Å². The van der Waals surface area contributed by atoms with E-state index in [-0.39, 0.29) is 6.61 Å². The Kier molecular flexibility index (Phi) is 6.03. The SMILES string of the molecule is CCOC(=O)[C@@H](C#N)[C@@H](C#N)c1ccc(OC)c(OC)c1. The van der Waals surface area contributed by atoms with E-state index in [2.05, 4.69) is 0 Å². The first kappa shape index (κ1) is 16.3. The van der Waals surface area contributed by atoms with Gasteiger partial charge in [-0.05, 0) is 24.6 Å². The van der Waals surface area contributed by atoms with Crippen molar-refractivity contribution in [3.63, 3.8) is 0 Å².